The Balaban J connectivity index is 1.63. The van der Waals surface area contributed by atoms with E-state index in [0.29, 0.717) is 44.4 Å². The molecule has 3 rings (SSSR count). The molecule has 0 spiro atoms. The molecule has 1 amide bonds. The van der Waals surface area contributed by atoms with Gasteiger partial charge < -0.3 is 14.8 Å². The number of rotatable bonds is 7. The van der Waals surface area contributed by atoms with Crippen LogP contribution in [0, 0.1) is 0 Å². The van der Waals surface area contributed by atoms with Gasteiger partial charge in [-0.1, -0.05) is 40.9 Å². The second kappa shape index (κ2) is 10.5. The van der Waals surface area contributed by atoms with Crippen molar-refractivity contribution in [1.29, 1.82) is 0 Å². The molecule has 0 unspecified atom stereocenters. The summed E-state index contributed by atoms with van der Waals surface area (Å²) in [6.45, 7) is 2.09. The van der Waals surface area contributed by atoms with Gasteiger partial charge in [0.05, 0.1) is 28.1 Å². The monoisotopic (exact) mass is 477 g/mol. The van der Waals surface area contributed by atoms with E-state index in [4.69, 9.17) is 44.3 Å². The minimum atomic E-state index is -0.314. The van der Waals surface area contributed by atoms with Gasteiger partial charge in [0.2, 0.25) is 0 Å². The van der Waals surface area contributed by atoms with Gasteiger partial charge in [-0.15, -0.1) is 0 Å². The van der Waals surface area contributed by atoms with Crippen LogP contribution in [-0.2, 0) is 16.0 Å². The molecule has 8 heteroatoms. The Kier molecular flexibility index (Phi) is 7.80. The summed E-state index contributed by atoms with van der Waals surface area (Å²) in [6.07, 6.45) is 0.140. The maximum absolute atomic E-state index is 12.4. The van der Waals surface area contributed by atoms with Crippen molar-refractivity contribution in [2.45, 2.75) is 13.3 Å². The van der Waals surface area contributed by atoms with E-state index in [1.165, 1.54) is 6.07 Å². The van der Waals surface area contributed by atoms with E-state index in [1.807, 2.05) is 0 Å². The van der Waals surface area contributed by atoms with E-state index in [2.05, 4.69) is 5.32 Å². The van der Waals surface area contributed by atoms with Crippen LogP contribution in [0.4, 0.5) is 5.69 Å². The molecule has 0 aromatic heterocycles. The fraction of sp³-hybridized carbons (Fsp3) is 0.130. The lowest BCUT2D eigenvalue weighted by molar-refractivity contribution is -0.142. The van der Waals surface area contributed by atoms with Gasteiger partial charge in [0.15, 0.2) is 0 Å². The first-order valence-corrected chi connectivity index (χ1v) is 10.5. The van der Waals surface area contributed by atoms with Crippen LogP contribution in [0.1, 0.15) is 22.8 Å². The van der Waals surface area contributed by atoms with Gasteiger partial charge in [-0.05, 0) is 67.1 Å². The van der Waals surface area contributed by atoms with E-state index in [-0.39, 0.29) is 18.3 Å². The molecule has 1 N–H and O–H groups in total. The van der Waals surface area contributed by atoms with Crippen molar-refractivity contribution in [3.8, 4) is 11.5 Å². The van der Waals surface area contributed by atoms with Crippen molar-refractivity contribution in [3.63, 3.8) is 0 Å². The molecule has 0 aliphatic heterocycles. The molecular weight excluding hydrogens is 461 g/mol. The van der Waals surface area contributed by atoms with E-state index in [1.54, 1.807) is 61.5 Å². The normalized spacial score (nSPS) is 10.5. The fourth-order valence-corrected chi connectivity index (χ4v) is 3.23. The maximum atomic E-state index is 12.4. The van der Waals surface area contributed by atoms with Crippen molar-refractivity contribution in [1.82, 2.24) is 0 Å². The molecule has 3 aromatic rings. The van der Waals surface area contributed by atoms with Crippen molar-refractivity contribution >= 4 is 52.4 Å². The van der Waals surface area contributed by atoms with Crippen LogP contribution in [-0.4, -0.2) is 18.5 Å². The van der Waals surface area contributed by atoms with Crippen LogP contribution in [0.2, 0.25) is 15.1 Å². The topological polar surface area (TPSA) is 64.6 Å². The molecule has 0 aliphatic rings. The number of ether oxygens (including phenoxy) is 2. The number of carbonyl (C=O) groups excluding carboxylic acids is 2. The van der Waals surface area contributed by atoms with Crippen molar-refractivity contribution < 1.29 is 19.1 Å². The minimum Gasteiger partial charge on any atom is -0.466 e. The zero-order valence-electron chi connectivity index (χ0n) is 16.5. The van der Waals surface area contributed by atoms with Crippen LogP contribution in [0.25, 0.3) is 0 Å². The molecule has 0 atom stereocenters. The highest BCUT2D eigenvalue weighted by Gasteiger charge is 2.11. The highest BCUT2D eigenvalue weighted by molar-refractivity contribution is 6.42. The van der Waals surface area contributed by atoms with Crippen LogP contribution >= 0.6 is 34.8 Å². The Morgan fingerprint density at radius 3 is 2.26 bits per heavy atom. The highest BCUT2D eigenvalue weighted by Crippen LogP contribution is 2.31. The summed E-state index contributed by atoms with van der Waals surface area (Å²) in [5.41, 5.74) is 1.71. The summed E-state index contributed by atoms with van der Waals surface area (Å²) in [6, 6.07) is 16.6. The molecular formula is C23H18Cl3NO4. The second-order valence-electron chi connectivity index (χ2n) is 6.46. The fourth-order valence-electron chi connectivity index (χ4n) is 2.69. The van der Waals surface area contributed by atoms with E-state index < -0.39 is 0 Å². The SMILES string of the molecule is CCOC(=O)Cc1ccc(Oc2ccc(NC(=O)c3ccc(Cl)c(Cl)c3)cc2)c(Cl)c1. The van der Waals surface area contributed by atoms with Gasteiger partial charge in [0.1, 0.15) is 11.5 Å². The molecule has 0 bridgehead atoms. The Morgan fingerprint density at radius 1 is 0.871 bits per heavy atom. The van der Waals surface area contributed by atoms with Crippen molar-refractivity contribution in [3.05, 3.63) is 86.9 Å². The first-order chi connectivity index (χ1) is 14.9. The van der Waals surface area contributed by atoms with E-state index >= 15 is 0 Å². The zero-order chi connectivity index (χ0) is 22.4. The lowest BCUT2D eigenvalue weighted by Crippen LogP contribution is -2.11. The molecule has 0 saturated heterocycles. The molecule has 0 fully saturated rings. The number of benzene rings is 3. The molecule has 0 heterocycles. The predicted molar refractivity (Wildman–Crippen MR) is 123 cm³/mol. The predicted octanol–water partition coefficient (Wildman–Crippen LogP) is 6.80. The summed E-state index contributed by atoms with van der Waals surface area (Å²) in [7, 11) is 0. The smallest absolute Gasteiger partial charge is 0.310 e. The first kappa shape index (κ1) is 22.9. The number of carbonyl (C=O) groups is 2. The average Bonchev–Trinajstić information content (AvgIpc) is 2.73. The number of amides is 1. The Bertz CT molecular complexity index is 1100. The van der Waals surface area contributed by atoms with Crippen LogP contribution in [0.15, 0.2) is 60.7 Å². The van der Waals surface area contributed by atoms with Crippen molar-refractivity contribution in [2.24, 2.45) is 0 Å². The van der Waals surface area contributed by atoms with Gasteiger partial charge in [-0.25, -0.2) is 0 Å². The van der Waals surface area contributed by atoms with Gasteiger partial charge >= 0.3 is 5.97 Å². The number of esters is 1. The van der Waals surface area contributed by atoms with E-state index in [0.717, 1.165) is 5.56 Å². The molecule has 5 nitrogen and oxygen atoms in total. The average molecular weight is 479 g/mol. The maximum Gasteiger partial charge on any atom is 0.310 e. The lowest BCUT2D eigenvalue weighted by Gasteiger charge is -2.11. The van der Waals surface area contributed by atoms with Gasteiger partial charge in [-0.3, -0.25) is 9.59 Å². The summed E-state index contributed by atoms with van der Waals surface area (Å²) in [4.78, 5) is 23.9. The first-order valence-electron chi connectivity index (χ1n) is 9.34. The molecule has 3 aromatic carbocycles. The third kappa shape index (κ3) is 6.37. The van der Waals surface area contributed by atoms with Crippen LogP contribution in [0.5, 0.6) is 11.5 Å². The minimum absolute atomic E-state index is 0.140. The molecule has 0 radical (unpaired) electrons. The third-order valence-corrected chi connectivity index (χ3v) is 5.21. The second-order valence-corrected chi connectivity index (χ2v) is 7.68. The number of halogens is 3. The van der Waals surface area contributed by atoms with E-state index in [9.17, 15) is 9.59 Å². The summed E-state index contributed by atoms with van der Waals surface area (Å²) in [5, 5.41) is 3.84. The summed E-state index contributed by atoms with van der Waals surface area (Å²) in [5.74, 6) is 0.354. The Labute approximate surface area is 194 Å². The highest BCUT2D eigenvalue weighted by atomic mass is 35.5. The quantitative estimate of drug-likeness (QED) is 0.379. The number of hydrogen-bond donors (Lipinski definition) is 1. The lowest BCUT2D eigenvalue weighted by atomic mass is 10.1. The number of hydrogen-bond acceptors (Lipinski definition) is 4. The third-order valence-electron chi connectivity index (χ3n) is 4.17. The largest absolute Gasteiger partial charge is 0.466 e. The molecule has 0 aliphatic carbocycles. The van der Waals surface area contributed by atoms with Gasteiger partial charge in [0, 0.05) is 11.3 Å². The Hall–Kier alpha value is -2.73. The number of nitrogens with one attached hydrogen (secondary N) is 1. The molecule has 0 saturated carbocycles. The van der Waals surface area contributed by atoms with Crippen LogP contribution < -0.4 is 10.1 Å². The number of anilines is 1. The van der Waals surface area contributed by atoms with Gasteiger partial charge in [0.25, 0.3) is 5.91 Å². The Morgan fingerprint density at radius 2 is 1.61 bits per heavy atom. The van der Waals surface area contributed by atoms with Crippen LogP contribution in [0.3, 0.4) is 0 Å². The molecule has 31 heavy (non-hydrogen) atoms. The standard InChI is InChI=1S/C23H18Cl3NO4/c1-2-30-22(28)12-14-3-10-21(20(26)11-14)31-17-7-5-16(6-8-17)27-23(29)15-4-9-18(24)19(25)13-15/h3-11,13H,2,12H2,1H3,(H,27,29). The van der Waals surface area contributed by atoms with Gasteiger partial charge in [-0.2, -0.15) is 0 Å². The van der Waals surface area contributed by atoms with Crippen molar-refractivity contribution in [2.75, 3.05) is 11.9 Å². The summed E-state index contributed by atoms with van der Waals surface area (Å²) < 4.78 is 10.7. The molecule has 160 valence electrons. The summed E-state index contributed by atoms with van der Waals surface area (Å²) >= 11 is 18.1. The zero-order valence-corrected chi connectivity index (χ0v) is 18.7.